The van der Waals surface area contributed by atoms with E-state index in [1.165, 1.54) is 13.3 Å². The fraction of sp³-hybridized carbons (Fsp3) is 0.250. The van der Waals surface area contributed by atoms with Crippen LogP contribution in [0.25, 0.3) is 22.3 Å². The van der Waals surface area contributed by atoms with Crippen LogP contribution in [0.3, 0.4) is 0 Å². The van der Waals surface area contributed by atoms with Gasteiger partial charge in [0.05, 0.1) is 16.1 Å². The molecule has 24 heavy (non-hydrogen) atoms. The summed E-state index contributed by atoms with van der Waals surface area (Å²) in [6.45, 7) is 5.46. The van der Waals surface area contributed by atoms with E-state index in [0.29, 0.717) is 33.3 Å². The van der Waals surface area contributed by atoms with Crippen molar-refractivity contribution < 1.29 is 4.79 Å². The first-order chi connectivity index (χ1) is 11.4. The van der Waals surface area contributed by atoms with Crippen molar-refractivity contribution in [2.75, 3.05) is 11.1 Å². The smallest absolute Gasteiger partial charge is 0.221 e. The maximum atomic E-state index is 11.2. The van der Waals surface area contributed by atoms with Crippen LogP contribution in [-0.2, 0) is 4.79 Å². The zero-order valence-corrected chi connectivity index (χ0v) is 14.3. The number of anilines is 2. The molecule has 3 aromatic rings. The molecule has 8 heteroatoms. The summed E-state index contributed by atoms with van der Waals surface area (Å²) in [4.78, 5) is 19.6. The summed E-state index contributed by atoms with van der Waals surface area (Å²) in [5, 5.41) is 8.43. The highest BCUT2D eigenvalue weighted by molar-refractivity contribution is 6.34. The van der Waals surface area contributed by atoms with E-state index in [0.717, 1.165) is 5.56 Å². The van der Waals surface area contributed by atoms with Crippen molar-refractivity contribution in [3.8, 4) is 11.3 Å². The second-order valence-corrected chi connectivity index (χ2v) is 6.13. The van der Waals surface area contributed by atoms with E-state index in [9.17, 15) is 4.79 Å². The number of hydrogen-bond acceptors (Lipinski definition) is 5. The van der Waals surface area contributed by atoms with Gasteiger partial charge in [0.15, 0.2) is 5.65 Å². The van der Waals surface area contributed by atoms with Crippen LogP contribution >= 0.6 is 11.6 Å². The predicted octanol–water partition coefficient (Wildman–Crippen LogP) is 3.27. The van der Waals surface area contributed by atoms with Crippen LogP contribution in [0.15, 0.2) is 24.5 Å². The number of hydrogen-bond donors (Lipinski definition) is 2. The summed E-state index contributed by atoms with van der Waals surface area (Å²) in [7, 11) is 0. The molecule has 1 amide bonds. The lowest BCUT2D eigenvalue weighted by atomic mass is 10.1. The van der Waals surface area contributed by atoms with E-state index in [1.807, 2.05) is 19.9 Å². The molecule has 0 spiro atoms. The molecular formula is C16H17ClN6O. The van der Waals surface area contributed by atoms with E-state index in [1.54, 1.807) is 16.8 Å². The molecule has 3 N–H and O–H groups in total. The van der Waals surface area contributed by atoms with Crippen molar-refractivity contribution in [2.45, 2.75) is 26.8 Å². The van der Waals surface area contributed by atoms with Crippen LogP contribution in [0.5, 0.6) is 0 Å². The summed E-state index contributed by atoms with van der Waals surface area (Å²) in [6, 6.07) is 5.42. The molecule has 1 aromatic carbocycles. The highest BCUT2D eigenvalue weighted by Crippen LogP contribution is 2.34. The van der Waals surface area contributed by atoms with Gasteiger partial charge in [-0.15, -0.1) is 0 Å². The third kappa shape index (κ3) is 2.78. The lowest BCUT2D eigenvalue weighted by molar-refractivity contribution is -0.114. The summed E-state index contributed by atoms with van der Waals surface area (Å²) in [6.07, 6.45) is 1.43. The van der Waals surface area contributed by atoms with Crippen LogP contribution < -0.4 is 11.1 Å². The number of nitrogens with one attached hydrogen (secondary N) is 1. The number of amides is 1. The van der Waals surface area contributed by atoms with Crippen molar-refractivity contribution in [2.24, 2.45) is 0 Å². The number of nitrogens with zero attached hydrogens (tertiary/aromatic N) is 4. The molecule has 0 unspecified atom stereocenters. The zero-order valence-electron chi connectivity index (χ0n) is 13.5. The average molecular weight is 345 g/mol. The SMILES string of the molecule is CC(=O)Nc1ccc(-c2nn(C(C)C)c3ncnc(N)c23)cc1Cl. The van der Waals surface area contributed by atoms with E-state index in [2.05, 4.69) is 20.4 Å². The Kier molecular flexibility index (Phi) is 4.11. The van der Waals surface area contributed by atoms with Crippen LogP contribution in [0, 0.1) is 0 Å². The topological polar surface area (TPSA) is 98.7 Å². The number of fused-ring (bicyclic) bond motifs is 1. The summed E-state index contributed by atoms with van der Waals surface area (Å²) < 4.78 is 1.80. The van der Waals surface area contributed by atoms with E-state index in [-0.39, 0.29) is 11.9 Å². The van der Waals surface area contributed by atoms with E-state index in [4.69, 9.17) is 17.3 Å². The van der Waals surface area contributed by atoms with Crippen LogP contribution in [0.1, 0.15) is 26.8 Å². The zero-order chi connectivity index (χ0) is 17.4. The molecular weight excluding hydrogens is 328 g/mol. The van der Waals surface area contributed by atoms with Gasteiger partial charge in [-0.25, -0.2) is 14.6 Å². The molecule has 0 saturated heterocycles. The van der Waals surface area contributed by atoms with Gasteiger partial charge in [-0.2, -0.15) is 5.10 Å². The van der Waals surface area contributed by atoms with Crippen molar-refractivity contribution in [1.29, 1.82) is 0 Å². The Morgan fingerprint density at radius 1 is 1.33 bits per heavy atom. The Morgan fingerprint density at radius 2 is 2.08 bits per heavy atom. The van der Waals surface area contributed by atoms with Gasteiger partial charge < -0.3 is 11.1 Å². The van der Waals surface area contributed by atoms with Gasteiger partial charge in [-0.05, 0) is 26.0 Å². The Bertz CT molecular complexity index is 934. The van der Waals surface area contributed by atoms with Gasteiger partial charge in [0.2, 0.25) is 5.91 Å². The Labute approximate surface area is 143 Å². The first-order valence-corrected chi connectivity index (χ1v) is 7.82. The van der Waals surface area contributed by atoms with Gasteiger partial charge >= 0.3 is 0 Å². The van der Waals surface area contributed by atoms with Crippen molar-refractivity contribution in [3.63, 3.8) is 0 Å². The summed E-state index contributed by atoms with van der Waals surface area (Å²) in [5.41, 5.74) is 8.71. The second-order valence-electron chi connectivity index (χ2n) is 5.72. The van der Waals surface area contributed by atoms with E-state index >= 15 is 0 Å². The van der Waals surface area contributed by atoms with E-state index < -0.39 is 0 Å². The number of carbonyl (C=O) groups is 1. The van der Waals surface area contributed by atoms with Crippen LogP contribution in [0.4, 0.5) is 11.5 Å². The molecule has 0 radical (unpaired) electrons. The fourth-order valence-electron chi connectivity index (χ4n) is 2.51. The number of aromatic nitrogens is 4. The molecule has 0 saturated carbocycles. The quantitative estimate of drug-likeness (QED) is 0.759. The monoisotopic (exact) mass is 344 g/mol. The third-order valence-electron chi connectivity index (χ3n) is 3.56. The molecule has 0 bridgehead atoms. The first kappa shape index (κ1) is 16.2. The number of halogens is 1. The number of benzene rings is 1. The molecule has 0 atom stereocenters. The van der Waals surface area contributed by atoms with Gasteiger partial charge in [0.1, 0.15) is 17.8 Å². The summed E-state index contributed by atoms with van der Waals surface area (Å²) in [5.74, 6) is 0.181. The lowest BCUT2D eigenvalue weighted by Gasteiger charge is -2.07. The maximum absolute atomic E-state index is 11.2. The fourth-order valence-corrected chi connectivity index (χ4v) is 2.74. The predicted molar refractivity (Wildman–Crippen MR) is 94.9 cm³/mol. The number of rotatable bonds is 3. The number of nitrogens with two attached hydrogens (primary N) is 1. The molecule has 0 aliphatic carbocycles. The minimum Gasteiger partial charge on any atom is -0.383 e. The normalized spacial score (nSPS) is 11.2. The minimum atomic E-state index is -0.183. The largest absolute Gasteiger partial charge is 0.383 e. The molecule has 7 nitrogen and oxygen atoms in total. The Hall–Kier alpha value is -2.67. The van der Waals surface area contributed by atoms with Gasteiger partial charge in [0.25, 0.3) is 0 Å². The first-order valence-electron chi connectivity index (χ1n) is 7.44. The highest BCUT2D eigenvalue weighted by atomic mass is 35.5. The molecule has 0 aliphatic heterocycles. The summed E-state index contributed by atoms with van der Waals surface area (Å²) >= 11 is 6.27. The van der Waals surface area contributed by atoms with Crippen molar-refractivity contribution in [3.05, 3.63) is 29.5 Å². The van der Waals surface area contributed by atoms with Gasteiger partial charge in [0, 0.05) is 18.5 Å². The highest BCUT2D eigenvalue weighted by Gasteiger charge is 2.19. The van der Waals surface area contributed by atoms with Crippen LogP contribution in [-0.4, -0.2) is 25.7 Å². The molecule has 0 fully saturated rings. The molecule has 2 heterocycles. The van der Waals surface area contributed by atoms with Gasteiger partial charge in [-0.3, -0.25) is 4.79 Å². The molecule has 0 aliphatic rings. The van der Waals surface area contributed by atoms with Crippen molar-refractivity contribution >= 4 is 40.0 Å². The van der Waals surface area contributed by atoms with Gasteiger partial charge in [-0.1, -0.05) is 17.7 Å². The molecule has 2 aromatic heterocycles. The Balaban J connectivity index is 2.19. The number of carbonyl (C=O) groups excluding carboxylic acids is 1. The third-order valence-corrected chi connectivity index (χ3v) is 3.87. The second kappa shape index (κ2) is 6.09. The minimum absolute atomic E-state index is 0.115. The maximum Gasteiger partial charge on any atom is 0.221 e. The lowest BCUT2D eigenvalue weighted by Crippen LogP contribution is -2.06. The molecule has 124 valence electrons. The van der Waals surface area contributed by atoms with Crippen LogP contribution in [0.2, 0.25) is 5.02 Å². The number of nitrogen functional groups attached to an aromatic ring is 1. The Morgan fingerprint density at radius 3 is 2.71 bits per heavy atom. The standard InChI is InChI=1S/C16H17ClN6O/c1-8(2)23-16-13(15(18)19-7-20-16)14(22-23)10-4-5-12(11(17)6-10)21-9(3)24/h4-8H,1-3H3,(H,21,24)(H2,18,19,20). The average Bonchev–Trinajstić information content (AvgIpc) is 2.90. The van der Waals surface area contributed by atoms with Crippen molar-refractivity contribution in [1.82, 2.24) is 19.7 Å². The molecule has 3 rings (SSSR count).